The fourth-order valence-electron chi connectivity index (χ4n) is 0.745. The van der Waals surface area contributed by atoms with Crippen LogP contribution in [0.3, 0.4) is 0 Å². The predicted molar refractivity (Wildman–Crippen MR) is 33.2 cm³/mol. The van der Waals surface area contributed by atoms with Gasteiger partial charge in [0.1, 0.15) is 0 Å². The predicted octanol–water partition coefficient (Wildman–Crippen LogP) is 0.785. The highest BCUT2D eigenvalue weighted by Gasteiger charge is 2.32. The summed E-state index contributed by atoms with van der Waals surface area (Å²) in [7, 11) is 0. The Bertz CT molecular complexity index is 127. The van der Waals surface area contributed by atoms with Gasteiger partial charge in [-0.15, -0.1) is 0 Å². The van der Waals surface area contributed by atoms with Crippen molar-refractivity contribution in [2.75, 3.05) is 26.4 Å². The first-order valence-electron chi connectivity index (χ1n) is 3.42. The smallest absolute Gasteiger partial charge is 0.318 e. The Hall–Kier alpha value is -0.290. The summed E-state index contributed by atoms with van der Waals surface area (Å²) in [6.07, 6.45) is -3.59. The molecule has 0 radical (unpaired) electrons. The van der Waals surface area contributed by atoms with E-state index in [9.17, 15) is 13.2 Å². The number of hydrogen-bond acceptors (Lipinski definition) is 2. The Morgan fingerprint density at radius 2 is 2.09 bits per heavy atom. The van der Waals surface area contributed by atoms with Gasteiger partial charge in [0, 0.05) is 19.0 Å². The van der Waals surface area contributed by atoms with Crippen molar-refractivity contribution >= 4 is 0 Å². The van der Waals surface area contributed by atoms with Gasteiger partial charge in [-0.25, -0.2) is 4.39 Å². The molecule has 1 N–H and O–H groups in total. The van der Waals surface area contributed by atoms with Gasteiger partial charge in [0.05, 0.1) is 6.61 Å². The normalized spacial score (nSPS) is 19.9. The number of hydrogen-bond donors (Lipinski definition) is 1. The molecule has 66 valence electrons. The van der Waals surface area contributed by atoms with Crippen LogP contribution in [0.2, 0.25) is 0 Å². The van der Waals surface area contributed by atoms with E-state index in [1.54, 1.807) is 0 Å². The Morgan fingerprint density at radius 1 is 1.45 bits per heavy atom. The molecule has 0 atom stereocenters. The average Bonchev–Trinajstić information content (AvgIpc) is 1.84. The summed E-state index contributed by atoms with van der Waals surface area (Å²) in [6.45, 7) is -0.443. The lowest BCUT2D eigenvalue weighted by molar-refractivity contribution is -0.252. The quantitative estimate of drug-likeness (QED) is 0.671. The SMILES string of the molecule is FCC(F)(F)OCC1CNC1. The molecule has 1 fully saturated rings. The van der Waals surface area contributed by atoms with Crippen molar-refractivity contribution in [1.82, 2.24) is 5.32 Å². The molecule has 1 aliphatic rings. The van der Waals surface area contributed by atoms with Gasteiger partial charge in [-0.3, -0.25) is 0 Å². The Morgan fingerprint density at radius 3 is 2.45 bits per heavy atom. The highest BCUT2D eigenvalue weighted by Crippen LogP contribution is 2.17. The molecule has 0 amide bonds. The molecule has 0 aliphatic carbocycles. The summed E-state index contributed by atoms with van der Waals surface area (Å²) >= 11 is 0. The third kappa shape index (κ3) is 2.67. The topological polar surface area (TPSA) is 21.3 Å². The number of rotatable bonds is 4. The van der Waals surface area contributed by atoms with E-state index in [0.29, 0.717) is 13.1 Å². The first-order valence-corrected chi connectivity index (χ1v) is 3.42. The Balaban J connectivity index is 2.09. The van der Waals surface area contributed by atoms with Crippen molar-refractivity contribution < 1.29 is 17.9 Å². The molecule has 1 rings (SSSR count). The van der Waals surface area contributed by atoms with E-state index in [2.05, 4.69) is 10.1 Å². The van der Waals surface area contributed by atoms with Crippen LogP contribution in [0.25, 0.3) is 0 Å². The average molecular weight is 169 g/mol. The monoisotopic (exact) mass is 169 g/mol. The van der Waals surface area contributed by atoms with Gasteiger partial charge in [-0.1, -0.05) is 0 Å². The fourth-order valence-corrected chi connectivity index (χ4v) is 0.745. The van der Waals surface area contributed by atoms with E-state index in [1.807, 2.05) is 0 Å². The van der Waals surface area contributed by atoms with Crippen molar-refractivity contribution in [3.8, 4) is 0 Å². The lowest BCUT2D eigenvalue weighted by atomic mass is 10.1. The molecule has 5 heteroatoms. The molecule has 0 spiro atoms. The van der Waals surface area contributed by atoms with E-state index < -0.39 is 12.8 Å². The van der Waals surface area contributed by atoms with Gasteiger partial charge >= 0.3 is 6.11 Å². The second kappa shape index (κ2) is 3.40. The van der Waals surface area contributed by atoms with Gasteiger partial charge in [0.2, 0.25) is 0 Å². The lowest BCUT2D eigenvalue weighted by Crippen LogP contribution is -2.45. The molecule has 0 unspecified atom stereocenters. The summed E-state index contributed by atoms with van der Waals surface area (Å²) in [4.78, 5) is 0. The second-order valence-electron chi connectivity index (χ2n) is 2.61. The van der Waals surface area contributed by atoms with Crippen molar-refractivity contribution in [3.05, 3.63) is 0 Å². The van der Waals surface area contributed by atoms with Gasteiger partial charge < -0.3 is 10.1 Å². The maximum Gasteiger partial charge on any atom is 0.384 e. The fraction of sp³-hybridized carbons (Fsp3) is 1.00. The minimum Gasteiger partial charge on any atom is -0.318 e. The Kier molecular flexibility index (Phi) is 2.72. The summed E-state index contributed by atoms with van der Waals surface area (Å²) in [5, 5.41) is 2.90. The molecule has 0 aromatic carbocycles. The maximum atomic E-state index is 12.1. The van der Waals surface area contributed by atoms with Crippen LogP contribution < -0.4 is 5.32 Å². The van der Waals surface area contributed by atoms with E-state index in [1.165, 1.54) is 0 Å². The van der Waals surface area contributed by atoms with Crippen molar-refractivity contribution in [2.24, 2.45) is 5.92 Å². The maximum absolute atomic E-state index is 12.1. The first kappa shape index (κ1) is 8.80. The van der Waals surface area contributed by atoms with Gasteiger partial charge in [0.25, 0.3) is 0 Å². The number of ether oxygens (including phenoxy) is 1. The Labute approximate surface area is 62.7 Å². The number of alkyl halides is 3. The van der Waals surface area contributed by atoms with Crippen LogP contribution in [0.4, 0.5) is 13.2 Å². The van der Waals surface area contributed by atoms with Crippen molar-refractivity contribution in [1.29, 1.82) is 0 Å². The lowest BCUT2D eigenvalue weighted by Gasteiger charge is -2.27. The van der Waals surface area contributed by atoms with E-state index >= 15 is 0 Å². The van der Waals surface area contributed by atoms with E-state index in [4.69, 9.17) is 0 Å². The minimum atomic E-state index is -3.59. The van der Waals surface area contributed by atoms with Crippen LogP contribution in [0.15, 0.2) is 0 Å². The number of halogens is 3. The zero-order valence-corrected chi connectivity index (χ0v) is 5.95. The molecule has 1 aliphatic heterocycles. The van der Waals surface area contributed by atoms with Crippen molar-refractivity contribution in [3.63, 3.8) is 0 Å². The van der Waals surface area contributed by atoms with Crippen molar-refractivity contribution in [2.45, 2.75) is 6.11 Å². The summed E-state index contributed by atoms with van der Waals surface area (Å²) in [6, 6.07) is 0. The molecule has 0 saturated carbocycles. The van der Waals surface area contributed by atoms with Crippen LogP contribution in [0.5, 0.6) is 0 Å². The highest BCUT2D eigenvalue weighted by molar-refractivity contribution is 4.74. The number of nitrogens with one attached hydrogen (secondary N) is 1. The molecule has 1 saturated heterocycles. The summed E-state index contributed by atoms with van der Waals surface area (Å²) in [5.74, 6) is 0.118. The molecule has 1 heterocycles. The van der Waals surface area contributed by atoms with Crippen LogP contribution in [-0.2, 0) is 4.74 Å². The molecule has 2 nitrogen and oxygen atoms in total. The van der Waals surface area contributed by atoms with E-state index in [0.717, 1.165) is 0 Å². The van der Waals surface area contributed by atoms with Gasteiger partial charge in [0.15, 0.2) is 6.67 Å². The second-order valence-corrected chi connectivity index (χ2v) is 2.61. The summed E-state index contributed by atoms with van der Waals surface area (Å²) in [5.41, 5.74) is 0. The first-order chi connectivity index (χ1) is 5.14. The minimum absolute atomic E-state index is 0.0656. The molecular formula is C6H10F3NO. The molecule has 11 heavy (non-hydrogen) atoms. The van der Waals surface area contributed by atoms with Crippen LogP contribution >= 0.6 is 0 Å². The largest absolute Gasteiger partial charge is 0.384 e. The zero-order valence-electron chi connectivity index (χ0n) is 5.95. The van der Waals surface area contributed by atoms with Crippen LogP contribution in [0, 0.1) is 5.92 Å². The molecule has 0 aromatic heterocycles. The molecule has 0 bridgehead atoms. The molecular weight excluding hydrogens is 159 g/mol. The summed E-state index contributed by atoms with van der Waals surface area (Å²) < 4.78 is 39.6. The highest BCUT2D eigenvalue weighted by atomic mass is 19.3. The van der Waals surface area contributed by atoms with Crippen LogP contribution in [0.1, 0.15) is 0 Å². The third-order valence-corrected chi connectivity index (χ3v) is 1.55. The van der Waals surface area contributed by atoms with Crippen LogP contribution in [-0.4, -0.2) is 32.5 Å². The van der Waals surface area contributed by atoms with Gasteiger partial charge in [-0.2, -0.15) is 8.78 Å². The third-order valence-electron chi connectivity index (χ3n) is 1.55. The zero-order chi connectivity index (χ0) is 8.32. The van der Waals surface area contributed by atoms with E-state index in [-0.39, 0.29) is 12.5 Å². The van der Waals surface area contributed by atoms with Gasteiger partial charge in [-0.05, 0) is 0 Å². The standard InChI is InChI=1S/C6H10F3NO/c7-4-6(8,9)11-3-5-1-10-2-5/h5,10H,1-4H2. The molecule has 0 aromatic rings.